The molecule has 134 valence electrons. The maximum atomic E-state index is 13.2. The molecule has 0 aliphatic heterocycles. The lowest BCUT2D eigenvalue weighted by molar-refractivity contribution is -0.143. The zero-order chi connectivity index (χ0) is 18.6. The van der Waals surface area contributed by atoms with Crippen LogP contribution in [0.15, 0.2) is 30.5 Å². The molecule has 0 atom stereocenters. The molecule has 10 heteroatoms. The van der Waals surface area contributed by atoms with Gasteiger partial charge in [0.1, 0.15) is 5.56 Å². The Morgan fingerprint density at radius 1 is 1.36 bits per heavy atom. The first kappa shape index (κ1) is 18.5. The van der Waals surface area contributed by atoms with Crippen LogP contribution < -0.4 is 5.32 Å². The summed E-state index contributed by atoms with van der Waals surface area (Å²) >= 11 is 0. The van der Waals surface area contributed by atoms with E-state index in [2.05, 4.69) is 10.4 Å². The van der Waals surface area contributed by atoms with Crippen molar-refractivity contribution in [2.45, 2.75) is 12.6 Å². The fraction of sp³-hybridized carbons (Fsp3) is 0.267. The minimum Gasteiger partial charge on any atom is -0.478 e. The molecule has 2 aromatic rings. The molecule has 0 spiro atoms. The highest BCUT2D eigenvalue weighted by Crippen LogP contribution is 2.34. The molecular formula is C15H14F3N3O4. The second kappa shape index (κ2) is 7.34. The SMILES string of the molecule is COCCC(=O)Nc1cccc(-n2ncc(C(=O)O)c2C(F)(F)F)c1. The van der Waals surface area contributed by atoms with Crippen LogP contribution in [0.25, 0.3) is 5.69 Å². The molecule has 2 N–H and O–H groups in total. The number of carboxylic acid groups (broad SMARTS) is 1. The van der Waals surface area contributed by atoms with Crippen LogP contribution in [0, 0.1) is 0 Å². The van der Waals surface area contributed by atoms with Gasteiger partial charge in [0.25, 0.3) is 0 Å². The Kier molecular flexibility index (Phi) is 5.42. The normalized spacial score (nSPS) is 11.4. The standard InChI is InChI=1S/C15H14F3N3O4/c1-25-6-5-12(22)20-9-3-2-4-10(7-9)21-13(15(16,17)18)11(8-19-21)14(23)24/h2-4,7-8H,5-6H2,1H3,(H,20,22)(H,23,24). The number of amides is 1. The Balaban J connectivity index is 2.38. The quantitative estimate of drug-likeness (QED) is 0.829. The second-order valence-corrected chi connectivity index (χ2v) is 4.96. The monoisotopic (exact) mass is 357 g/mol. The number of carbonyl (C=O) groups is 2. The van der Waals surface area contributed by atoms with Gasteiger partial charge in [-0.3, -0.25) is 4.79 Å². The van der Waals surface area contributed by atoms with Crippen LogP contribution in [0.4, 0.5) is 18.9 Å². The zero-order valence-corrected chi connectivity index (χ0v) is 13.0. The lowest BCUT2D eigenvalue weighted by Crippen LogP contribution is -2.18. The van der Waals surface area contributed by atoms with Gasteiger partial charge in [-0.15, -0.1) is 0 Å². The maximum Gasteiger partial charge on any atom is 0.434 e. The van der Waals surface area contributed by atoms with Crippen molar-refractivity contribution in [3.05, 3.63) is 41.7 Å². The number of nitrogens with one attached hydrogen (secondary N) is 1. The molecule has 1 aromatic carbocycles. The Morgan fingerprint density at radius 2 is 2.08 bits per heavy atom. The molecule has 0 aliphatic carbocycles. The number of aromatic nitrogens is 2. The number of hydrogen-bond donors (Lipinski definition) is 2. The van der Waals surface area contributed by atoms with Gasteiger partial charge in [0.15, 0.2) is 5.69 Å². The van der Waals surface area contributed by atoms with Crippen LogP contribution in [0.3, 0.4) is 0 Å². The molecule has 1 heterocycles. The summed E-state index contributed by atoms with van der Waals surface area (Å²) in [4.78, 5) is 22.7. The largest absolute Gasteiger partial charge is 0.478 e. The van der Waals surface area contributed by atoms with E-state index in [9.17, 15) is 22.8 Å². The van der Waals surface area contributed by atoms with E-state index >= 15 is 0 Å². The number of anilines is 1. The fourth-order valence-electron chi connectivity index (χ4n) is 2.11. The van der Waals surface area contributed by atoms with Crippen molar-refractivity contribution in [3.8, 4) is 5.69 Å². The van der Waals surface area contributed by atoms with Crippen LogP contribution in [0.1, 0.15) is 22.5 Å². The van der Waals surface area contributed by atoms with Crippen molar-refractivity contribution in [3.63, 3.8) is 0 Å². The van der Waals surface area contributed by atoms with Crippen molar-refractivity contribution >= 4 is 17.6 Å². The van der Waals surface area contributed by atoms with Crippen molar-refractivity contribution in [1.82, 2.24) is 9.78 Å². The van der Waals surface area contributed by atoms with Crippen LogP contribution in [-0.4, -0.2) is 40.5 Å². The first-order valence-electron chi connectivity index (χ1n) is 7.01. The Bertz CT molecular complexity index is 787. The molecule has 7 nitrogen and oxygen atoms in total. The maximum absolute atomic E-state index is 13.2. The van der Waals surface area contributed by atoms with Gasteiger partial charge < -0.3 is 15.2 Å². The molecule has 1 amide bonds. The average Bonchev–Trinajstić information content (AvgIpc) is 2.98. The molecule has 0 fully saturated rings. The number of benzene rings is 1. The highest BCUT2D eigenvalue weighted by atomic mass is 19.4. The van der Waals surface area contributed by atoms with Gasteiger partial charge in [-0.25, -0.2) is 9.48 Å². The third-order valence-electron chi connectivity index (χ3n) is 3.18. The summed E-state index contributed by atoms with van der Waals surface area (Å²) in [6, 6.07) is 5.49. The van der Waals surface area contributed by atoms with Gasteiger partial charge >= 0.3 is 12.1 Å². The number of nitrogens with zero attached hydrogens (tertiary/aromatic N) is 2. The van der Waals surface area contributed by atoms with E-state index < -0.39 is 23.4 Å². The van der Waals surface area contributed by atoms with E-state index in [0.29, 0.717) is 10.9 Å². The van der Waals surface area contributed by atoms with Gasteiger partial charge in [0, 0.05) is 12.8 Å². The Morgan fingerprint density at radius 3 is 2.68 bits per heavy atom. The van der Waals surface area contributed by atoms with Gasteiger partial charge in [-0.2, -0.15) is 18.3 Å². The second-order valence-electron chi connectivity index (χ2n) is 4.96. The summed E-state index contributed by atoms with van der Waals surface area (Å²) < 4.78 is 44.9. The molecule has 0 unspecified atom stereocenters. The number of methoxy groups -OCH3 is 1. The topological polar surface area (TPSA) is 93.5 Å². The summed E-state index contributed by atoms with van der Waals surface area (Å²) in [5.41, 5.74) is -2.15. The van der Waals surface area contributed by atoms with E-state index in [-0.39, 0.29) is 30.3 Å². The van der Waals surface area contributed by atoms with Gasteiger partial charge in [-0.1, -0.05) is 6.07 Å². The summed E-state index contributed by atoms with van der Waals surface area (Å²) in [6.07, 6.45) is -4.20. The minimum atomic E-state index is -4.91. The molecule has 2 rings (SSSR count). The Labute approximate surface area is 140 Å². The van der Waals surface area contributed by atoms with E-state index in [4.69, 9.17) is 9.84 Å². The number of carbonyl (C=O) groups excluding carboxylic acids is 1. The summed E-state index contributed by atoms with van der Waals surface area (Å²) in [5.74, 6) is -2.11. The van der Waals surface area contributed by atoms with Crippen molar-refractivity contribution in [2.24, 2.45) is 0 Å². The molecule has 1 aromatic heterocycles. The lowest BCUT2D eigenvalue weighted by atomic mass is 10.2. The smallest absolute Gasteiger partial charge is 0.434 e. The summed E-state index contributed by atoms with van der Waals surface area (Å²) in [5, 5.41) is 15.0. The number of rotatable bonds is 6. The summed E-state index contributed by atoms with van der Waals surface area (Å²) in [7, 11) is 1.43. The lowest BCUT2D eigenvalue weighted by Gasteiger charge is -2.13. The van der Waals surface area contributed by atoms with Crippen LogP contribution >= 0.6 is 0 Å². The number of aromatic carboxylic acids is 1. The Hall–Kier alpha value is -2.88. The molecular weight excluding hydrogens is 343 g/mol. The minimum absolute atomic E-state index is 0.0376. The summed E-state index contributed by atoms with van der Waals surface area (Å²) in [6.45, 7) is 0.199. The van der Waals surface area contributed by atoms with Crippen LogP contribution in [-0.2, 0) is 15.7 Å². The van der Waals surface area contributed by atoms with E-state index in [1.54, 1.807) is 0 Å². The predicted octanol–water partition coefficient (Wildman–Crippen LogP) is 2.56. The number of ether oxygens (including phenoxy) is 1. The van der Waals surface area contributed by atoms with Crippen molar-refractivity contribution in [2.75, 3.05) is 19.0 Å². The molecule has 25 heavy (non-hydrogen) atoms. The molecule has 0 saturated heterocycles. The van der Waals surface area contributed by atoms with Gasteiger partial charge in [0.2, 0.25) is 5.91 Å². The van der Waals surface area contributed by atoms with E-state index in [0.717, 1.165) is 0 Å². The third kappa shape index (κ3) is 4.35. The highest BCUT2D eigenvalue weighted by Gasteiger charge is 2.40. The predicted molar refractivity (Wildman–Crippen MR) is 80.6 cm³/mol. The zero-order valence-electron chi connectivity index (χ0n) is 13.0. The van der Waals surface area contributed by atoms with Crippen molar-refractivity contribution < 1.29 is 32.6 Å². The van der Waals surface area contributed by atoms with Gasteiger partial charge in [-0.05, 0) is 18.2 Å². The number of carboxylic acids is 1. The fourth-order valence-corrected chi connectivity index (χ4v) is 2.11. The number of alkyl halides is 3. The van der Waals surface area contributed by atoms with Gasteiger partial charge in [0.05, 0.1) is 24.9 Å². The van der Waals surface area contributed by atoms with E-state index in [1.807, 2.05) is 0 Å². The van der Waals surface area contributed by atoms with Crippen LogP contribution in [0.5, 0.6) is 0 Å². The third-order valence-corrected chi connectivity index (χ3v) is 3.18. The number of halogens is 3. The van der Waals surface area contributed by atoms with Crippen LogP contribution in [0.2, 0.25) is 0 Å². The highest BCUT2D eigenvalue weighted by molar-refractivity contribution is 5.91. The molecule has 0 radical (unpaired) electrons. The van der Waals surface area contributed by atoms with Crippen molar-refractivity contribution in [1.29, 1.82) is 0 Å². The first-order chi connectivity index (χ1) is 11.7. The molecule has 0 saturated carbocycles. The average molecular weight is 357 g/mol. The number of hydrogen-bond acceptors (Lipinski definition) is 4. The molecule has 0 bridgehead atoms. The molecule has 0 aliphatic rings. The van der Waals surface area contributed by atoms with E-state index in [1.165, 1.54) is 31.4 Å². The first-order valence-corrected chi connectivity index (χ1v) is 7.01.